The topological polar surface area (TPSA) is 66.4 Å². The smallest absolute Gasteiger partial charge is 0.404 e. The Bertz CT molecular complexity index is 183. The molecular weight excluding hydrogens is 182 g/mol. The SMILES string of the molecule is CC(CC(C)C(=O)Cl)NC(=O)O. The van der Waals surface area contributed by atoms with Crippen LogP contribution in [0.4, 0.5) is 4.79 Å². The molecule has 0 heterocycles. The highest BCUT2D eigenvalue weighted by Crippen LogP contribution is 2.08. The lowest BCUT2D eigenvalue weighted by atomic mass is 10.0. The fourth-order valence-corrected chi connectivity index (χ4v) is 0.982. The van der Waals surface area contributed by atoms with Gasteiger partial charge in [0.1, 0.15) is 0 Å². The normalized spacial score (nSPS) is 14.9. The van der Waals surface area contributed by atoms with Gasteiger partial charge in [0.05, 0.1) is 0 Å². The second kappa shape index (κ2) is 4.98. The van der Waals surface area contributed by atoms with Gasteiger partial charge in [0, 0.05) is 12.0 Å². The third-order valence-electron chi connectivity index (χ3n) is 1.46. The van der Waals surface area contributed by atoms with Gasteiger partial charge < -0.3 is 10.4 Å². The van der Waals surface area contributed by atoms with Gasteiger partial charge in [0.15, 0.2) is 0 Å². The standard InChI is InChI=1S/C7H12ClNO3/c1-4(6(8)10)3-5(2)9-7(11)12/h4-5,9H,3H2,1-2H3,(H,11,12). The molecule has 2 unspecified atom stereocenters. The van der Waals surface area contributed by atoms with Crippen LogP contribution in [0, 0.1) is 5.92 Å². The molecule has 0 aromatic carbocycles. The van der Waals surface area contributed by atoms with Crippen molar-refractivity contribution < 1.29 is 14.7 Å². The monoisotopic (exact) mass is 193 g/mol. The van der Waals surface area contributed by atoms with E-state index in [2.05, 4.69) is 5.32 Å². The van der Waals surface area contributed by atoms with Gasteiger partial charge in [0.2, 0.25) is 5.24 Å². The number of hydrogen-bond donors (Lipinski definition) is 2. The molecule has 5 heteroatoms. The summed E-state index contributed by atoms with van der Waals surface area (Å²) in [5, 5.41) is 10.1. The predicted molar refractivity (Wildman–Crippen MR) is 45.3 cm³/mol. The molecule has 0 rings (SSSR count). The van der Waals surface area contributed by atoms with Crippen LogP contribution in [0.5, 0.6) is 0 Å². The molecule has 1 amide bonds. The highest BCUT2D eigenvalue weighted by Gasteiger charge is 2.14. The van der Waals surface area contributed by atoms with Crippen LogP contribution in [-0.4, -0.2) is 22.5 Å². The van der Waals surface area contributed by atoms with Crippen LogP contribution < -0.4 is 5.32 Å². The van der Waals surface area contributed by atoms with Crippen LogP contribution in [0.15, 0.2) is 0 Å². The summed E-state index contributed by atoms with van der Waals surface area (Å²) in [7, 11) is 0. The van der Waals surface area contributed by atoms with E-state index in [4.69, 9.17) is 16.7 Å². The summed E-state index contributed by atoms with van der Waals surface area (Å²) in [6, 6.07) is -0.250. The molecule has 0 aliphatic carbocycles. The molecule has 0 aliphatic rings. The molecule has 12 heavy (non-hydrogen) atoms. The molecule has 0 aromatic rings. The summed E-state index contributed by atoms with van der Waals surface area (Å²) in [5.74, 6) is -0.312. The number of hydrogen-bond acceptors (Lipinski definition) is 2. The maximum atomic E-state index is 10.6. The first-order chi connectivity index (χ1) is 5.43. The van der Waals surface area contributed by atoms with Crippen LogP contribution in [0.3, 0.4) is 0 Å². The zero-order valence-corrected chi connectivity index (χ0v) is 7.76. The molecule has 4 nitrogen and oxygen atoms in total. The number of rotatable bonds is 4. The molecule has 0 fully saturated rings. The summed E-state index contributed by atoms with van der Waals surface area (Å²) >= 11 is 5.19. The van der Waals surface area contributed by atoms with E-state index in [1.807, 2.05) is 0 Å². The summed E-state index contributed by atoms with van der Waals surface area (Å²) in [5.41, 5.74) is 0. The van der Waals surface area contributed by atoms with Crippen molar-refractivity contribution in [2.45, 2.75) is 26.3 Å². The van der Waals surface area contributed by atoms with Gasteiger partial charge in [0.25, 0.3) is 0 Å². The highest BCUT2D eigenvalue weighted by atomic mass is 35.5. The lowest BCUT2D eigenvalue weighted by Gasteiger charge is -2.13. The van der Waals surface area contributed by atoms with Crippen LogP contribution in [-0.2, 0) is 4.79 Å². The van der Waals surface area contributed by atoms with Crippen molar-refractivity contribution in [2.75, 3.05) is 0 Å². The van der Waals surface area contributed by atoms with E-state index in [0.29, 0.717) is 6.42 Å². The Hall–Kier alpha value is -0.770. The quantitative estimate of drug-likeness (QED) is 0.664. The van der Waals surface area contributed by atoms with Gasteiger partial charge in [-0.15, -0.1) is 0 Å². The average molecular weight is 194 g/mol. The number of carbonyl (C=O) groups is 2. The summed E-state index contributed by atoms with van der Waals surface area (Å²) in [6.07, 6.45) is -0.661. The fourth-order valence-electron chi connectivity index (χ4n) is 0.893. The minimum atomic E-state index is -1.09. The van der Waals surface area contributed by atoms with Gasteiger partial charge >= 0.3 is 6.09 Å². The fraction of sp³-hybridized carbons (Fsp3) is 0.714. The Morgan fingerprint density at radius 2 is 2.00 bits per heavy atom. The van der Waals surface area contributed by atoms with E-state index < -0.39 is 11.3 Å². The second-order valence-corrected chi connectivity index (χ2v) is 3.16. The molecule has 70 valence electrons. The van der Waals surface area contributed by atoms with Crippen LogP contribution in [0.25, 0.3) is 0 Å². The van der Waals surface area contributed by atoms with Gasteiger partial charge in [-0.3, -0.25) is 4.79 Å². The number of carboxylic acid groups (broad SMARTS) is 1. The summed E-state index contributed by atoms with van der Waals surface area (Å²) in [4.78, 5) is 20.7. The van der Waals surface area contributed by atoms with Crippen molar-refractivity contribution in [3.63, 3.8) is 0 Å². The molecule has 0 aliphatic heterocycles. The molecule has 0 bridgehead atoms. The number of carbonyl (C=O) groups excluding carboxylic acids is 1. The molecule has 0 radical (unpaired) electrons. The first-order valence-corrected chi connectivity index (χ1v) is 4.00. The lowest BCUT2D eigenvalue weighted by molar-refractivity contribution is -0.115. The Labute approximate surface area is 75.9 Å². The Kier molecular flexibility index (Phi) is 4.66. The van der Waals surface area contributed by atoms with E-state index in [1.54, 1.807) is 13.8 Å². The molecular formula is C7H12ClNO3. The maximum absolute atomic E-state index is 10.6. The van der Waals surface area contributed by atoms with Crippen molar-refractivity contribution in [3.8, 4) is 0 Å². The minimum Gasteiger partial charge on any atom is -0.465 e. The number of nitrogens with one attached hydrogen (secondary N) is 1. The maximum Gasteiger partial charge on any atom is 0.404 e. The molecule has 0 saturated heterocycles. The molecule has 2 N–H and O–H groups in total. The molecule has 2 atom stereocenters. The predicted octanol–water partition coefficient (Wildman–Crippen LogP) is 1.43. The second-order valence-electron chi connectivity index (χ2n) is 2.79. The number of amides is 1. The molecule has 0 spiro atoms. The summed E-state index contributed by atoms with van der Waals surface area (Å²) < 4.78 is 0. The van der Waals surface area contributed by atoms with Crippen LogP contribution in [0.1, 0.15) is 20.3 Å². The third kappa shape index (κ3) is 4.96. The van der Waals surface area contributed by atoms with E-state index in [9.17, 15) is 9.59 Å². The average Bonchev–Trinajstić information content (AvgIpc) is 1.84. The Morgan fingerprint density at radius 1 is 1.50 bits per heavy atom. The van der Waals surface area contributed by atoms with Crippen LogP contribution >= 0.6 is 11.6 Å². The van der Waals surface area contributed by atoms with E-state index in [-0.39, 0.29) is 12.0 Å². The van der Waals surface area contributed by atoms with Gasteiger partial charge in [-0.05, 0) is 24.9 Å². The van der Waals surface area contributed by atoms with E-state index in [1.165, 1.54) is 0 Å². The van der Waals surface area contributed by atoms with Crippen molar-refractivity contribution >= 4 is 22.9 Å². The summed E-state index contributed by atoms with van der Waals surface area (Å²) in [6.45, 7) is 3.35. The van der Waals surface area contributed by atoms with Crippen molar-refractivity contribution in [2.24, 2.45) is 5.92 Å². The highest BCUT2D eigenvalue weighted by molar-refractivity contribution is 6.63. The van der Waals surface area contributed by atoms with Crippen molar-refractivity contribution in [1.82, 2.24) is 5.32 Å². The van der Waals surface area contributed by atoms with E-state index >= 15 is 0 Å². The van der Waals surface area contributed by atoms with Crippen molar-refractivity contribution in [1.29, 1.82) is 0 Å². The first kappa shape index (κ1) is 11.2. The zero-order chi connectivity index (χ0) is 9.72. The molecule has 0 saturated carbocycles. The van der Waals surface area contributed by atoms with Crippen molar-refractivity contribution in [3.05, 3.63) is 0 Å². The van der Waals surface area contributed by atoms with E-state index in [0.717, 1.165) is 0 Å². The Morgan fingerprint density at radius 3 is 2.33 bits per heavy atom. The van der Waals surface area contributed by atoms with Gasteiger partial charge in [-0.25, -0.2) is 4.79 Å². The number of halogens is 1. The van der Waals surface area contributed by atoms with Crippen LogP contribution in [0.2, 0.25) is 0 Å². The Balaban J connectivity index is 3.76. The largest absolute Gasteiger partial charge is 0.465 e. The third-order valence-corrected chi connectivity index (χ3v) is 1.84. The van der Waals surface area contributed by atoms with Gasteiger partial charge in [-0.1, -0.05) is 6.92 Å². The lowest BCUT2D eigenvalue weighted by Crippen LogP contribution is -2.33. The zero-order valence-electron chi connectivity index (χ0n) is 7.00. The minimum absolute atomic E-state index is 0.250. The first-order valence-electron chi connectivity index (χ1n) is 3.62. The molecule has 0 aromatic heterocycles. The van der Waals surface area contributed by atoms with Gasteiger partial charge in [-0.2, -0.15) is 0 Å².